The zero-order valence-corrected chi connectivity index (χ0v) is 10.9. The van der Waals surface area contributed by atoms with Gasteiger partial charge >= 0.3 is 0 Å². The molecule has 2 atom stereocenters. The molecule has 3 nitrogen and oxygen atoms in total. The van der Waals surface area contributed by atoms with Crippen LogP contribution >= 0.6 is 11.6 Å². The molecule has 0 spiro atoms. The molecule has 1 saturated heterocycles. The summed E-state index contributed by atoms with van der Waals surface area (Å²) >= 11 is 5.87. The molecule has 1 amide bonds. The maximum Gasteiger partial charge on any atom is 0.241 e. The number of hydrogen-bond donors (Lipinski definition) is 2. The van der Waals surface area contributed by atoms with Crippen LogP contribution in [0.1, 0.15) is 19.8 Å². The third-order valence-electron chi connectivity index (χ3n) is 3.26. The van der Waals surface area contributed by atoms with Crippen LogP contribution in [0.25, 0.3) is 0 Å². The Bertz CT molecular complexity index is 432. The Kier molecular flexibility index (Phi) is 4.19. The summed E-state index contributed by atoms with van der Waals surface area (Å²) in [4.78, 5) is 12.1. The number of halogens is 2. The average molecular weight is 271 g/mol. The van der Waals surface area contributed by atoms with Gasteiger partial charge in [-0.25, -0.2) is 4.39 Å². The summed E-state index contributed by atoms with van der Waals surface area (Å²) in [5.74, 6) is -0.502. The molecule has 5 heteroatoms. The van der Waals surface area contributed by atoms with Gasteiger partial charge in [0.2, 0.25) is 5.91 Å². The maximum absolute atomic E-state index is 13.6. The van der Waals surface area contributed by atoms with Crippen LogP contribution in [-0.2, 0) is 4.79 Å². The third kappa shape index (κ3) is 2.82. The maximum atomic E-state index is 13.6. The first-order chi connectivity index (χ1) is 8.59. The van der Waals surface area contributed by atoms with E-state index in [1.54, 1.807) is 6.07 Å². The topological polar surface area (TPSA) is 41.1 Å². The summed E-state index contributed by atoms with van der Waals surface area (Å²) in [6.07, 6.45) is 2.06. The lowest BCUT2D eigenvalue weighted by atomic mass is 9.92. The molecule has 18 heavy (non-hydrogen) atoms. The van der Waals surface area contributed by atoms with Crippen molar-refractivity contribution in [1.82, 2.24) is 5.32 Å². The number of nitrogens with one attached hydrogen (secondary N) is 2. The van der Waals surface area contributed by atoms with E-state index in [4.69, 9.17) is 11.6 Å². The van der Waals surface area contributed by atoms with Crippen LogP contribution in [0.3, 0.4) is 0 Å². The van der Waals surface area contributed by atoms with Gasteiger partial charge in [-0.05, 0) is 37.4 Å². The molecule has 0 radical (unpaired) electrons. The number of amides is 1. The highest BCUT2D eigenvalue weighted by molar-refractivity contribution is 6.33. The highest BCUT2D eigenvalue weighted by atomic mass is 35.5. The van der Waals surface area contributed by atoms with Crippen molar-refractivity contribution in [3.05, 3.63) is 29.0 Å². The smallest absolute Gasteiger partial charge is 0.241 e. The molecule has 98 valence electrons. The molecule has 1 aromatic carbocycles. The van der Waals surface area contributed by atoms with Crippen molar-refractivity contribution in [1.29, 1.82) is 0 Å². The molecule has 2 rings (SSSR count). The SMILES string of the molecule is CC1CCCNC1C(=O)Nc1c(F)cccc1Cl. The van der Waals surface area contributed by atoms with Crippen molar-refractivity contribution >= 4 is 23.2 Å². The van der Waals surface area contributed by atoms with Crippen molar-refractivity contribution < 1.29 is 9.18 Å². The molecular formula is C13H16ClFN2O. The van der Waals surface area contributed by atoms with Crippen LogP contribution in [0.4, 0.5) is 10.1 Å². The lowest BCUT2D eigenvalue weighted by molar-refractivity contribution is -0.119. The number of anilines is 1. The number of benzene rings is 1. The number of para-hydroxylation sites is 1. The molecule has 1 aliphatic rings. The summed E-state index contributed by atoms with van der Waals surface area (Å²) in [6, 6.07) is 4.06. The van der Waals surface area contributed by atoms with Gasteiger partial charge in [-0.2, -0.15) is 0 Å². The Morgan fingerprint density at radius 1 is 1.56 bits per heavy atom. The van der Waals surface area contributed by atoms with Crippen LogP contribution in [0.2, 0.25) is 5.02 Å². The quantitative estimate of drug-likeness (QED) is 0.868. The van der Waals surface area contributed by atoms with E-state index < -0.39 is 5.82 Å². The molecule has 1 aliphatic heterocycles. The standard InChI is InChI=1S/C13H16ClFN2O/c1-8-4-3-7-16-11(8)13(18)17-12-9(14)5-2-6-10(12)15/h2,5-6,8,11,16H,3-4,7H2,1H3,(H,17,18). The van der Waals surface area contributed by atoms with Gasteiger partial charge in [-0.1, -0.05) is 24.6 Å². The highest BCUT2D eigenvalue weighted by Crippen LogP contribution is 2.25. The number of carbonyl (C=O) groups excluding carboxylic acids is 1. The predicted octanol–water partition coefficient (Wildman–Crippen LogP) is 2.81. The Hall–Kier alpha value is -1.13. The fourth-order valence-electron chi connectivity index (χ4n) is 2.22. The second-order valence-corrected chi connectivity index (χ2v) is 5.04. The molecule has 2 N–H and O–H groups in total. The number of rotatable bonds is 2. The van der Waals surface area contributed by atoms with E-state index in [-0.39, 0.29) is 28.6 Å². The average Bonchev–Trinajstić information content (AvgIpc) is 2.34. The molecule has 1 aromatic rings. The van der Waals surface area contributed by atoms with E-state index in [2.05, 4.69) is 10.6 Å². The van der Waals surface area contributed by atoms with Crippen LogP contribution in [0, 0.1) is 11.7 Å². The van der Waals surface area contributed by atoms with Gasteiger partial charge in [0.05, 0.1) is 16.8 Å². The van der Waals surface area contributed by atoms with Gasteiger partial charge in [0.15, 0.2) is 0 Å². The molecule has 0 bridgehead atoms. The predicted molar refractivity (Wildman–Crippen MR) is 70.2 cm³/mol. The summed E-state index contributed by atoms with van der Waals surface area (Å²) in [6.45, 7) is 2.83. The van der Waals surface area contributed by atoms with Gasteiger partial charge in [0, 0.05) is 0 Å². The van der Waals surface area contributed by atoms with Crippen molar-refractivity contribution in [2.75, 3.05) is 11.9 Å². The van der Waals surface area contributed by atoms with Gasteiger partial charge in [0.1, 0.15) is 5.82 Å². The van der Waals surface area contributed by atoms with Crippen LogP contribution in [0.5, 0.6) is 0 Å². The minimum Gasteiger partial charge on any atom is -0.321 e. The van der Waals surface area contributed by atoms with Gasteiger partial charge < -0.3 is 10.6 Å². The first-order valence-electron chi connectivity index (χ1n) is 6.08. The minimum absolute atomic E-state index is 0.0590. The largest absolute Gasteiger partial charge is 0.321 e. The van der Waals surface area contributed by atoms with Crippen molar-refractivity contribution in [3.8, 4) is 0 Å². The Morgan fingerprint density at radius 2 is 2.33 bits per heavy atom. The summed E-state index contributed by atoms with van der Waals surface area (Å²) in [5.41, 5.74) is 0.0590. The monoisotopic (exact) mass is 270 g/mol. The Morgan fingerprint density at radius 3 is 3.00 bits per heavy atom. The molecule has 0 aliphatic carbocycles. The van der Waals surface area contributed by atoms with E-state index in [1.165, 1.54) is 12.1 Å². The third-order valence-corrected chi connectivity index (χ3v) is 3.58. The van der Waals surface area contributed by atoms with Gasteiger partial charge in [-0.15, -0.1) is 0 Å². The van der Waals surface area contributed by atoms with Crippen molar-refractivity contribution in [3.63, 3.8) is 0 Å². The second-order valence-electron chi connectivity index (χ2n) is 4.64. The first kappa shape index (κ1) is 13.3. The zero-order chi connectivity index (χ0) is 13.1. The number of hydrogen-bond acceptors (Lipinski definition) is 2. The summed E-state index contributed by atoms with van der Waals surface area (Å²) < 4.78 is 13.6. The molecule has 1 fully saturated rings. The highest BCUT2D eigenvalue weighted by Gasteiger charge is 2.28. The van der Waals surface area contributed by atoms with Gasteiger partial charge in [0.25, 0.3) is 0 Å². The zero-order valence-electron chi connectivity index (χ0n) is 10.2. The fraction of sp³-hybridized carbons (Fsp3) is 0.462. The van der Waals surface area contributed by atoms with E-state index in [0.717, 1.165) is 19.4 Å². The van der Waals surface area contributed by atoms with Crippen LogP contribution < -0.4 is 10.6 Å². The Labute approximate surface area is 111 Å². The van der Waals surface area contributed by atoms with Crippen molar-refractivity contribution in [2.45, 2.75) is 25.8 Å². The van der Waals surface area contributed by atoms with E-state index in [1.807, 2.05) is 6.92 Å². The molecule has 0 aromatic heterocycles. The normalized spacial score (nSPS) is 23.7. The van der Waals surface area contributed by atoms with Crippen molar-refractivity contribution in [2.24, 2.45) is 5.92 Å². The fourth-order valence-corrected chi connectivity index (χ4v) is 2.43. The van der Waals surface area contributed by atoms with Gasteiger partial charge in [-0.3, -0.25) is 4.79 Å². The Balaban J connectivity index is 2.11. The molecule has 0 saturated carbocycles. The molecular weight excluding hydrogens is 255 g/mol. The van der Waals surface area contributed by atoms with Crippen LogP contribution in [-0.4, -0.2) is 18.5 Å². The van der Waals surface area contributed by atoms with Crippen LogP contribution in [0.15, 0.2) is 18.2 Å². The first-order valence-corrected chi connectivity index (χ1v) is 6.45. The summed E-state index contributed by atoms with van der Waals surface area (Å²) in [5, 5.41) is 5.94. The molecule has 2 unspecified atom stereocenters. The molecule has 1 heterocycles. The number of carbonyl (C=O) groups is 1. The second kappa shape index (κ2) is 5.67. The van der Waals surface area contributed by atoms with E-state index in [0.29, 0.717) is 0 Å². The lowest BCUT2D eigenvalue weighted by Crippen LogP contribution is -2.48. The van der Waals surface area contributed by atoms with E-state index in [9.17, 15) is 9.18 Å². The van der Waals surface area contributed by atoms with E-state index >= 15 is 0 Å². The summed E-state index contributed by atoms with van der Waals surface area (Å²) in [7, 11) is 0. The number of piperidine rings is 1. The minimum atomic E-state index is -0.515. The lowest BCUT2D eigenvalue weighted by Gasteiger charge is -2.29.